The van der Waals surface area contributed by atoms with Gasteiger partial charge >= 0.3 is 6.09 Å². The Morgan fingerprint density at radius 3 is 2.68 bits per heavy atom. The largest absolute Gasteiger partial charge is 0.445 e. The molecule has 0 aliphatic carbocycles. The fourth-order valence-corrected chi connectivity index (χ4v) is 4.18. The lowest BCUT2D eigenvalue weighted by molar-refractivity contribution is 0.139. The van der Waals surface area contributed by atoms with E-state index >= 15 is 0 Å². The number of ether oxygens (including phenoxy) is 1. The summed E-state index contributed by atoms with van der Waals surface area (Å²) >= 11 is 0. The minimum atomic E-state index is -3.76. The zero-order valence-corrected chi connectivity index (χ0v) is 16.1. The van der Waals surface area contributed by atoms with Crippen LogP contribution in [0.15, 0.2) is 71.9 Å². The Kier molecular flexibility index (Phi) is 6.23. The van der Waals surface area contributed by atoms with E-state index in [-0.39, 0.29) is 18.0 Å². The van der Waals surface area contributed by atoms with Gasteiger partial charge in [-0.2, -0.15) is 0 Å². The molecule has 2 aromatic carbocycles. The highest BCUT2D eigenvalue weighted by atomic mass is 32.2. The molecule has 1 unspecified atom stereocenters. The normalized spacial score (nSPS) is 12.5. The first-order valence-corrected chi connectivity index (χ1v) is 10.2. The number of amides is 1. The van der Waals surface area contributed by atoms with Crippen molar-refractivity contribution in [3.05, 3.63) is 72.6 Å². The Labute approximate surface area is 163 Å². The quantitative estimate of drug-likeness (QED) is 0.637. The van der Waals surface area contributed by atoms with Crippen LogP contribution in [-0.2, 0) is 21.4 Å². The fraction of sp³-hybridized carbons (Fsp3) is 0.200. The van der Waals surface area contributed by atoms with Gasteiger partial charge in [-0.1, -0.05) is 42.5 Å². The number of alkyl carbamates (subject to hydrolysis) is 1. The lowest BCUT2D eigenvalue weighted by atomic mass is 10.2. The average Bonchev–Trinajstić information content (AvgIpc) is 2.70. The summed E-state index contributed by atoms with van der Waals surface area (Å²) in [4.78, 5) is 16.0. The zero-order chi connectivity index (χ0) is 20.0. The first kappa shape index (κ1) is 19.8. The van der Waals surface area contributed by atoms with E-state index in [1.165, 1.54) is 0 Å². The summed E-state index contributed by atoms with van der Waals surface area (Å²) in [6.07, 6.45) is 2.56. The average molecular weight is 399 g/mol. The fourth-order valence-electron chi connectivity index (χ4n) is 2.71. The number of rotatable bonds is 7. The van der Waals surface area contributed by atoms with E-state index < -0.39 is 22.2 Å². The number of carbonyl (C=O) groups is 1. The predicted octanol–water partition coefficient (Wildman–Crippen LogP) is 2.83. The molecule has 0 radical (unpaired) electrons. The third kappa shape index (κ3) is 5.05. The van der Waals surface area contributed by atoms with Crippen LogP contribution in [0.3, 0.4) is 0 Å². The van der Waals surface area contributed by atoms with E-state index in [4.69, 9.17) is 4.74 Å². The molecular weight excluding hydrogens is 378 g/mol. The van der Waals surface area contributed by atoms with Gasteiger partial charge in [-0.25, -0.2) is 17.9 Å². The molecule has 8 heteroatoms. The number of hydrogen-bond acceptors (Lipinski definition) is 5. The molecular formula is C20H21N3O4S. The van der Waals surface area contributed by atoms with Gasteiger partial charge in [-0.3, -0.25) is 4.98 Å². The highest BCUT2D eigenvalue weighted by Crippen LogP contribution is 2.21. The van der Waals surface area contributed by atoms with Crippen LogP contribution in [0.4, 0.5) is 4.79 Å². The summed E-state index contributed by atoms with van der Waals surface area (Å²) in [6, 6.07) is 15.4. The van der Waals surface area contributed by atoms with Crippen molar-refractivity contribution in [3.8, 4) is 0 Å². The van der Waals surface area contributed by atoms with E-state index in [1.54, 1.807) is 43.6 Å². The van der Waals surface area contributed by atoms with E-state index in [0.717, 1.165) is 10.9 Å². The molecule has 0 saturated heterocycles. The molecule has 146 valence electrons. The number of hydrogen-bond donors (Lipinski definition) is 2. The van der Waals surface area contributed by atoms with Crippen LogP contribution < -0.4 is 10.0 Å². The number of fused-ring (bicyclic) bond motifs is 1. The van der Waals surface area contributed by atoms with Gasteiger partial charge in [0.05, 0.1) is 4.90 Å². The minimum Gasteiger partial charge on any atom is -0.445 e. The molecule has 0 bridgehead atoms. The highest BCUT2D eigenvalue weighted by Gasteiger charge is 2.20. The lowest BCUT2D eigenvalue weighted by Gasteiger charge is -2.16. The van der Waals surface area contributed by atoms with E-state index in [1.807, 2.05) is 30.3 Å². The Morgan fingerprint density at radius 1 is 1.11 bits per heavy atom. The van der Waals surface area contributed by atoms with E-state index in [9.17, 15) is 13.2 Å². The van der Waals surface area contributed by atoms with Crippen molar-refractivity contribution in [3.63, 3.8) is 0 Å². The standard InChI is InChI=1S/C20H21N3O4S/c1-15(12-22-20(24)27-14-16-6-3-2-4-7-16)23-28(25,26)19-9-5-8-17-13-21-11-10-18(17)19/h2-11,13,15,23H,12,14H2,1H3,(H,22,24). The predicted molar refractivity (Wildman–Crippen MR) is 106 cm³/mol. The van der Waals surface area contributed by atoms with Gasteiger partial charge in [0.25, 0.3) is 0 Å². The molecule has 2 N–H and O–H groups in total. The number of nitrogens with one attached hydrogen (secondary N) is 2. The Morgan fingerprint density at radius 2 is 1.89 bits per heavy atom. The van der Waals surface area contributed by atoms with Crippen molar-refractivity contribution >= 4 is 26.9 Å². The smallest absolute Gasteiger partial charge is 0.407 e. The van der Waals surface area contributed by atoms with Crippen LogP contribution in [0.5, 0.6) is 0 Å². The molecule has 0 spiro atoms. The van der Waals surface area contributed by atoms with Gasteiger partial charge < -0.3 is 10.1 Å². The van der Waals surface area contributed by atoms with Crippen molar-refractivity contribution in [2.24, 2.45) is 0 Å². The van der Waals surface area contributed by atoms with Gasteiger partial charge in [0.1, 0.15) is 6.61 Å². The number of aromatic nitrogens is 1. The maximum absolute atomic E-state index is 12.7. The maximum Gasteiger partial charge on any atom is 0.407 e. The summed E-state index contributed by atoms with van der Waals surface area (Å²) in [7, 11) is -3.76. The zero-order valence-electron chi connectivity index (χ0n) is 15.3. The van der Waals surface area contributed by atoms with Gasteiger partial charge in [-0.15, -0.1) is 0 Å². The van der Waals surface area contributed by atoms with Crippen molar-refractivity contribution in [2.45, 2.75) is 24.5 Å². The van der Waals surface area contributed by atoms with Gasteiger partial charge in [0.2, 0.25) is 10.0 Å². The number of sulfonamides is 1. The van der Waals surface area contributed by atoms with Gasteiger partial charge in [-0.05, 0) is 24.6 Å². The van der Waals surface area contributed by atoms with Crippen LogP contribution >= 0.6 is 0 Å². The molecule has 1 atom stereocenters. The van der Waals surface area contributed by atoms with Crippen molar-refractivity contribution in [1.82, 2.24) is 15.0 Å². The molecule has 0 aliphatic heterocycles. The van der Waals surface area contributed by atoms with Crippen LogP contribution in [0.1, 0.15) is 12.5 Å². The summed E-state index contributed by atoms with van der Waals surface area (Å²) in [5.74, 6) is 0. The van der Waals surface area contributed by atoms with Crippen LogP contribution in [0.2, 0.25) is 0 Å². The topological polar surface area (TPSA) is 97.4 Å². The summed E-state index contributed by atoms with van der Waals surface area (Å²) in [6.45, 7) is 1.91. The molecule has 1 amide bonds. The molecule has 3 aromatic rings. The van der Waals surface area contributed by atoms with Crippen molar-refractivity contribution in [2.75, 3.05) is 6.54 Å². The number of carbonyl (C=O) groups excluding carboxylic acids is 1. The third-order valence-corrected chi connectivity index (χ3v) is 5.70. The second kappa shape index (κ2) is 8.81. The first-order chi connectivity index (χ1) is 13.5. The Balaban J connectivity index is 1.56. The van der Waals surface area contributed by atoms with Crippen molar-refractivity contribution < 1.29 is 17.9 Å². The van der Waals surface area contributed by atoms with Gasteiger partial charge in [0, 0.05) is 35.8 Å². The second-order valence-corrected chi connectivity index (χ2v) is 8.00. The van der Waals surface area contributed by atoms with E-state index in [0.29, 0.717) is 5.39 Å². The van der Waals surface area contributed by atoms with E-state index in [2.05, 4.69) is 15.0 Å². The van der Waals surface area contributed by atoms with Crippen LogP contribution in [0.25, 0.3) is 10.8 Å². The summed E-state index contributed by atoms with van der Waals surface area (Å²) in [5.41, 5.74) is 0.872. The third-order valence-electron chi connectivity index (χ3n) is 4.05. The maximum atomic E-state index is 12.7. The highest BCUT2D eigenvalue weighted by molar-refractivity contribution is 7.89. The molecule has 0 fully saturated rings. The number of nitrogens with zero attached hydrogens (tertiary/aromatic N) is 1. The molecule has 0 saturated carbocycles. The van der Waals surface area contributed by atoms with Crippen LogP contribution in [-0.4, -0.2) is 32.1 Å². The molecule has 28 heavy (non-hydrogen) atoms. The first-order valence-electron chi connectivity index (χ1n) is 8.75. The monoisotopic (exact) mass is 399 g/mol. The lowest BCUT2D eigenvalue weighted by Crippen LogP contribution is -2.41. The molecule has 1 heterocycles. The number of pyridine rings is 1. The Bertz CT molecular complexity index is 1050. The minimum absolute atomic E-state index is 0.0964. The molecule has 7 nitrogen and oxygen atoms in total. The molecule has 3 rings (SSSR count). The number of benzene rings is 2. The summed E-state index contributed by atoms with van der Waals surface area (Å²) < 4.78 is 33.2. The summed E-state index contributed by atoms with van der Waals surface area (Å²) in [5, 5.41) is 3.89. The molecule has 0 aliphatic rings. The van der Waals surface area contributed by atoms with Crippen molar-refractivity contribution in [1.29, 1.82) is 0 Å². The van der Waals surface area contributed by atoms with Crippen LogP contribution in [0, 0.1) is 0 Å². The van der Waals surface area contributed by atoms with Gasteiger partial charge in [0.15, 0.2) is 0 Å². The second-order valence-electron chi connectivity index (χ2n) is 6.32. The SMILES string of the molecule is CC(CNC(=O)OCc1ccccc1)NS(=O)(=O)c1cccc2cnccc12. The molecule has 1 aromatic heterocycles. The Hall–Kier alpha value is -2.97.